The molecule has 0 aliphatic heterocycles. The first-order valence-electron chi connectivity index (χ1n) is 8.41. The van der Waals surface area contributed by atoms with Crippen molar-refractivity contribution in [2.24, 2.45) is 4.99 Å². The second kappa shape index (κ2) is 10.1. The number of hydrogen-bond acceptors (Lipinski definition) is 2. The van der Waals surface area contributed by atoms with Gasteiger partial charge in [0.15, 0.2) is 5.96 Å². The Balaban J connectivity index is 0.00000261. The lowest BCUT2D eigenvalue weighted by molar-refractivity contribution is 0.476. The van der Waals surface area contributed by atoms with E-state index in [9.17, 15) is 4.39 Å². The Bertz CT molecular complexity index is 862. The maximum atomic E-state index is 13.0. The lowest BCUT2D eigenvalue weighted by Crippen LogP contribution is -2.38. The molecule has 1 N–H and O–H groups in total. The molecule has 5 nitrogen and oxygen atoms in total. The van der Waals surface area contributed by atoms with E-state index in [1.54, 1.807) is 25.4 Å². The van der Waals surface area contributed by atoms with Gasteiger partial charge in [0, 0.05) is 39.6 Å². The van der Waals surface area contributed by atoms with Gasteiger partial charge in [-0.15, -0.1) is 24.0 Å². The number of guanidine groups is 1. The van der Waals surface area contributed by atoms with Gasteiger partial charge in [-0.1, -0.05) is 24.3 Å². The molecule has 0 amide bonds. The van der Waals surface area contributed by atoms with Gasteiger partial charge in [0.25, 0.3) is 0 Å². The van der Waals surface area contributed by atoms with Crippen LogP contribution in [0.15, 0.2) is 72.0 Å². The molecule has 2 aromatic carbocycles. The van der Waals surface area contributed by atoms with Gasteiger partial charge in [0.1, 0.15) is 5.82 Å². The Morgan fingerprint density at radius 2 is 1.93 bits per heavy atom. The zero-order valence-corrected chi connectivity index (χ0v) is 17.7. The zero-order valence-electron chi connectivity index (χ0n) is 15.3. The molecule has 0 spiro atoms. The molecule has 3 rings (SSSR count). The molecular weight excluding hydrogens is 456 g/mol. The van der Waals surface area contributed by atoms with Gasteiger partial charge in [0.05, 0.1) is 5.69 Å². The summed E-state index contributed by atoms with van der Waals surface area (Å²) in [5.41, 5.74) is 3.18. The van der Waals surface area contributed by atoms with Crippen LogP contribution in [0.5, 0.6) is 0 Å². The zero-order chi connectivity index (χ0) is 18.4. The Labute approximate surface area is 175 Å². The molecule has 0 fully saturated rings. The fraction of sp³-hybridized carbons (Fsp3) is 0.200. The molecule has 3 aromatic rings. The van der Waals surface area contributed by atoms with E-state index in [4.69, 9.17) is 0 Å². The fourth-order valence-corrected chi connectivity index (χ4v) is 2.73. The topological polar surface area (TPSA) is 45.5 Å². The molecule has 7 heteroatoms. The van der Waals surface area contributed by atoms with Gasteiger partial charge in [-0.3, -0.25) is 4.99 Å². The van der Waals surface area contributed by atoms with Gasteiger partial charge in [0.2, 0.25) is 0 Å². The second-order valence-electron chi connectivity index (χ2n) is 6.00. The minimum absolute atomic E-state index is 0. The van der Waals surface area contributed by atoms with Crippen molar-refractivity contribution >= 4 is 29.9 Å². The van der Waals surface area contributed by atoms with Crippen LogP contribution in [0, 0.1) is 5.82 Å². The van der Waals surface area contributed by atoms with Crippen LogP contribution in [-0.2, 0) is 13.1 Å². The van der Waals surface area contributed by atoms with Crippen molar-refractivity contribution in [3.63, 3.8) is 0 Å². The van der Waals surface area contributed by atoms with Gasteiger partial charge < -0.3 is 10.2 Å². The first kappa shape index (κ1) is 20.9. The minimum atomic E-state index is -0.226. The van der Waals surface area contributed by atoms with Crippen LogP contribution < -0.4 is 5.32 Å². The minimum Gasteiger partial charge on any atom is -0.352 e. The van der Waals surface area contributed by atoms with Gasteiger partial charge in [-0.05, 0) is 41.5 Å². The quantitative estimate of drug-likeness (QED) is 0.344. The molecule has 27 heavy (non-hydrogen) atoms. The first-order valence-corrected chi connectivity index (χ1v) is 8.41. The molecule has 0 saturated carbocycles. The molecule has 142 valence electrons. The smallest absolute Gasteiger partial charge is 0.193 e. The summed E-state index contributed by atoms with van der Waals surface area (Å²) < 4.78 is 14.9. The van der Waals surface area contributed by atoms with E-state index >= 15 is 0 Å². The Morgan fingerprint density at radius 3 is 2.59 bits per heavy atom. The van der Waals surface area contributed by atoms with E-state index < -0.39 is 0 Å². The van der Waals surface area contributed by atoms with Crippen molar-refractivity contribution in [3.05, 3.63) is 83.9 Å². The van der Waals surface area contributed by atoms with E-state index in [2.05, 4.69) is 27.5 Å². The SMILES string of the molecule is CN=C(NCc1cccc(-n2cccn2)c1)N(C)Cc1ccc(F)cc1.I. The summed E-state index contributed by atoms with van der Waals surface area (Å²) in [6, 6.07) is 16.6. The van der Waals surface area contributed by atoms with Crippen molar-refractivity contribution in [2.45, 2.75) is 13.1 Å². The van der Waals surface area contributed by atoms with Crippen LogP contribution in [0.25, 0.3) is 5.69 Å². The first-order chi connectivity index (χ1) is 12.7. The second-order valence-corrected chi connectivity index (χ2v) is 6.00. The standard InChI is InChI=1S/C20H22FN5.HI/c1-22-20(25(2)15-16-7-9-18(21)10-8-16)23-14-17-5-3-6-19(13-17)26-12-4-11-24-26;/h3-13H,14-15H2,1-2H3,(H,22,23);1H. The van der Waals surface area contributed by atoms with E-state index in [1.165, 1.54) is 12.1 Å². The maximum Gasteiger partial charge on any atom is 0.193 e. The van der Waals surface area contributed by atoms with Crippen LogP contribution >= 0.6 is 24.0 Å². The summed E-state index contributed by atoms with van der Waals surface area (Å²) in [5, 5.41) is 7.62. The summed E-state index contributed by atoms with van der Waals surface area (Å²) in [5.74, 6) is 0.551. The van der Waals surface area contributed by atoms with E-state index in [0.717, 1.165) is 22.8 Å². The summed E-state index contributed by atoms with van der Waals surface area (Å²) in [6.07, 6.45) is 3.68. The highest BCUT2D eigenvalue weighted by atomic mass is 127. The van der Waals surface area contributed by atoms with Crippen LogP contribution in [-0.4, -0.2) is 34.7 Å². The number of nitrogens with zero attached hydrogens (tertiary/aromatic N) is 4. The third kappa shape index (κ3) is 5.78. The van der Waals surface area contributed by atoms with Gasteiger partial charge in [-0.2, -0.15) is 5.10 Å². The molecule has 0 aliphatic carbocycles. The van der Waals surface area contributed by atoms with Crippen molar-refractivity contribution < 1.29 is 4.39 Å². The lowest BCUT2D eigenvalue weighted by Gasteiger charge is -2.22. The lowest BCUT2D eigenvalue weighted by atomic mass is 10.2. The number of halogens is 2. The Hall–Kier alpha value is -2.42. The normalized spacial score (nSPS) is 11.0. The molecular formula is C20H23FIN5. The van der Waals surface area contributed by atoms with Crippen LogP contribution in [0.3, 0.4) is 0 Å². The molecule has 0 atom stereocenters. The maximum absolute atomic E-state index is 13.0. The molecule has 0 radical (unpaired) electrons. The number of benzene rings is 2. The summed E-state index contributed by atoms with van der Waals surface area (Å²) in [6.45, 7) is 1.29. The van der Waals surface area contributed by atoms with Gasteiger partial charge >= 0.3 is 0 Å². The van der Waals surface area contributed by atoms with Crippen LogP contribution in [0.4, 0.5) is 4.39 Å². The molecule has 1 aromatic heterocycles. The third-order valence-corrected chi connectivity index (χ3v) is 4.04. The molecule has 0 aliphatic rings. The summed E-state index contributed by atoms with van der Waals surface area (Å²) >= 11 is 0. The van der Waals surface area contributed by atoms with E-state index in [0.29, 0.717) is 13.1 Å². The Morgan fingerprint density at radius 1 is 1.15 bits per heavy atom. The molecule has 1 heterocycles. The average molecular weight is 479 g/mol. The van der Waals surface area contributed by atoms with Crippen molar-refractivity contribution in [1.29, 1.82) is 0 Å². The van der Waals surface area contributed by atoms with Gasteiger partial charge in [-0.25, -0.2) is 9.07 Å². The number of rotatable bonds is 5. The summed E-state index contributed by atoms with van der Waals surface area (Å²) in [7, 11) is 3.71. The third-order valence-electron chi connectivity index (χ3n) is 4.04. The van der Waals surface area contributed by atoms with Crippen LogP contribution in [0.1, 0.15) is 11.1 Å². The molecule has 0 unspecified atom stereocenters. The number of aliphatic imine (C=N–C) groups is 1. The number of hydrogen-bond donors (Lipinski definition) is 1. The largest absolute Gasteiger partial charge is 0.352 e. The number of aromatic nitrogens is 2. The van der Waals surface area contributed by atoms with E-state index in [1.807, 2.05) is 41.0 Å². The van der Waals surface area contributed by atoms with Crippen LogP contribution in [0.2, 0.25) is 0 Å². The van der Waals surface area contributed by atoms with Crippen molar-refractivity contribution in [3.8, 4) is 5.69 Å². The Kier molecular flexibility index (Phi) is 7.78. The molecule has 0 saturated heterocycles. The predicted molar refractivity (Wildman–Crippen MR) is 117 cm³/mol. The average Bonchev–Trinajstić information content (AvgIpc) is 3.19. The van der Waals surface area contributed by atoms with Crippen molar-refractivity contribution in [2.75, 3.05) is 14.1 Å². The summed E-state index contributed by atoms with van der Waals surface area (Å²) in [4.78, 5) is 6.33. The highest BCUT2D eigenvalue weighted by Gasteiger charge is 2.07. The number of nitrogens with one attached hydrogen (secondary N) is 1. The highest BCUT2D eigenvalue weighted by Crippen LogP contribution is 2.10. The van der Waals surface area contributed by atoms with E-state index in [-0.39, 0.29) is 29.8 Å². The predicted octanol–water partition coefficient (Wildman–Crippen LogP) is 3.84. The highest BCUT2D eigenvalue weighted by molar-refractivity contribution is 14.0. The van der Waals surface area contributed by atoms with Crippen molar-refractivity contribution in [1.82, 2.24) is 20.0 Å². The molecule has 0 bridgehead atoms. The monoisotopic (exact) mass is 479 g/mol. The fourth-order valence-electron chi connectivity index (χ4n) is 2.73.